The van der Waals surface area contributed by atoms with Gasteiger partial charge in [-0.05, 0) is 63.2 Å². The molecule has 0 aromatic heterocycles. The van der Waals surface area contributed by atoms with E-state index < -0.39 is 15.9 Å². The summed E-state index contributed by atoms with van der Waals surface area (Å²) in [5.41, 5.74) is 0.737. The number of nitriles is 1. The van der Waals surface area contributed by atoms with Crippen LogP contribution >= 0.6 is 0 Å². The van der Waals surface area contributed by atoms with Gasteiger partial charge in [0.05, 0.1) is 26.2 Å². The van der Waals surface area contributed by atoms with Gasteiger partial charge in [-0.25, -0.2) is 13.1 Å². The van der Waals surface area contributed by atoms with E-state index in [1.165, 1.54) is 30.2 Å². The number of amides is 1. The number of carbonyl (C=O) groups is 1. The monoisotopic (exact) mass is 445 g/mol. The molecule has 1 amide bonds. The second kappa shape index (κ2) is 10.8. The molecule has 1 N–H and O–H groups in total. The highest BCUT2D eigenvalue weighted by molar-refractivity contribution is 7.89. The summed E-state index contributed by atoms with van der Waals surface area (Å²) in [6.07, 6.45) is 0.120. The number of methoxy groups -OCH3 is 1. The summed E-state index contributed by atoms with van der Waals surface area (Å²) in [5.74, 6) is 0.369. The van der Waals surface area contributed by atoms with Crippen LogP contribution in [0.1, 0.15) is 37.6 Å². The lowest BCUT2D eigenvalue weighted by Crippen LogP contribution is -2.33. The Hall–Kier alpha value is -3.09. The minimum atomic E-state index is -3.89. The zero-order valence-electron chi connectivity index (χ0n) is 18.1. The molecule has 0 heterocycles. The first-order valence-corrected chi connectivity index (χ1v) is 11.3. The maximum Gasteiger partial charge on any atom is 0.258 e. The largest absolute Gasteiger partial charge is 0.495 e. The Morgan fingerprint density at radius 2 is 1.87 bits per heavy atom. The first kappa shape index (κ1) is 24.2. The Kier molecular flexibility index (Phi) is 8.42. The van der Waals surface area contributed by atoms with Gasteiger partial charge in [0.2, 0.25) is 10.0 Å². The number of nitrogens with one attached hydrogen (secondary N) is 1. The molecule has 2 rings (SSSR count). The lowest BCUT2D eigenvalue weighted by Gasteiger charge is -2.23. The van der Waals surface area contributed by atoms with Crippen LogP contribution in [-0.4, -0.2) is 40.6 Å². The summed E-state index contributed by atoms with van der Waals surface area (Å²) in [6, 6.07) is 12.9. The number of nitrogens with zero attached hydrogens (tertiary/aromatic N) is 2. The summed E-state index contributed by atoms with van der Waals surface area (Å²) in [5, 5.41) is 9.02. The van der Waals surface area contributed by atoms with Gasteiger partial charge in [-0.3, -0.25) is 4.79 Å². The maximum atomic E-state index is 13.3. The smallest absolute Gasteiger partial charge is 0.258 e. The van der Waals surface area contributed by atoms with E-state index in [1.54, 1.807) is 38.1 Å². The van der Waals surface area contributed by atoms with Crippen LogP contribution in [0.5, 0.6) is 11.5 Å². The van der Waals surface area contributed by atoms with Gasteiger partial charge in [-0.1, -0.05) is 0 Å². The molecule has 0 radical (unpaired) electrons. The quantitative estimate of drug-likeness (QED) is 0.601. The molecule has 2 aromatic carbocycles. The molecule has 0 bridgehead atoms. The fourth-order valence-electron chi connectivity index (χ4n) is 2.95. The molecule has 0 saturated heterocycles. The van der Waals surface area contributed by atoms with E-state index in [0.29, 0.717) is 18.0 Å². The van der Waals surface area contributed by atoms with E-state index in [1.807, 2.05) is 13.0 Å². The van der Waals surface area contributed by atoms with E-state index in [9.17, 15) is 13.2 Å². The molecule has 0 atom stereocenters. The topological polar surface area (TPSA) is 109 Å². The van der Waals surface area contributed by atoms with E-state index in [4.69, 9.17) is 14.7 Å². The molecule has 0 saturated carbocycles. The van der Waals surface area contributed by atoms with Gasteiger partial charge < -0.3 is 14.4 Å². The minimum absolute atomic E-state index is 0.120. The van der Waals surface area contributed by atoms with Crippen LogP contribution in [0, 0.1) is 11.3 Å². The van der Waals surface area contributed by atoms with Gasteiger partial charge in [0.15, 0.2) is 0 Å². The van der Waals surface area contributed by atoms with Gasteiger partial charge in [-0.2, -0.15) is 5.26 Å². The molecule has 0 fully saturated rings. The van der Waals surface area contributed by atoms with Gasteiger partial charge in [0, 0.05) is 23.8 Å². The zero-order chi connectivity index (χ0) is 23.0. The SMILES string of the molecule is CCOc1ccc(N(CCC#N)C(=O)c2ccc(OC)c(S(=O)(=O)NC(C)C)c2)cc1. The van der Waals surface area contributed by atoms with Crippen LogP contribution in [0.2, 0.25) is 0 Å². The van der Waals surface area contributed by atoms with Crippen molar-refractivity contribution in [2.45, 2.75) is 38.1 Å². The second-order valence-corrected chi connectivity index (χ2v) is 8.62. The van der Waals surface area contributed by atoms with Crippen molar-refractivity contribution in [3.8, 4) is 17.6 Å². The number of anilines is 1. The fourth-order valence-corrected chi connectivity index (χ4v) is 4.39. The van der Waals surface area contributed by atoms with Crippen LogP contribution in [0.15, 0.2) is 47.4 Å². The van der Waals surface area contributed by atoms with Crippen LogP contribution in [0.25, 0.3) is 0 Å². The van der Waals surface area contributed by atoms with Crippen LogP contribution in [0.4, 0.5) is 5.69 Å². The van der Waals surface area contributed by atoms with Gasteiger partial charge >= 0.3 is 0 Å². The number of benzene rings is 2. The Bertz CT molecular complexity index is 1040. The summed E-state index contributed by atoms with van der Waals surface area (Å²) in [6.45, 7) is 5.95. The van der Waals surface area contributed by atoms with E-state index >= 15 is 0 Å². The Morgan fingerprint density at radius 1 is 1.19 bits per heavy atom. The van der Waals surface area contributed by atoms with Crippen LogP contribution in [-0.2, 0) is 10.0 Å². The predicted molar refractivity (Wildman–Crippen MR) is 118 cm³/mol. The van der Waals surface area contributed by atoms with Crippen molar-refractivity contribution in [3.05, 3.63) is 48.0 Å². The highest BCUT2D eigenvalue weighted by Crippen LogP contribution is 2.27. The van der Waals surface area contributed by atoms with Gasteiger partial charge in [0.25, 0.3) is 5.91 Å². The molecular weight excluding hydrogens is 418 g/mol. The minimum Gasteiger partial charge on any atom is -0.495 e. The van der Waals surface area contributed by atoms with Crippen molar-refractivity contribution in [1.29, 1.82) is 5.26 Å². The average Bonchev–Trinajstić information content (AvgIpc) is 2.73. The first-order valence-electron chi connectivity index (χ1n) is 9.85. The Labute approximate surface area is 183 Å². The van der Waals surface area contributed by atoms with Crippen molar-refractivity contribution in [2.75, 3.05) is 25.2 Å². The molecule has 0 aliphatic heterocycles. The van der Waals surface area contributed by atoms with Crippen molar-refractivity contribution < 1.29 is 22.7 Å². The average molecular weight is 446 g/mol. The number of rotatable bonds is 10. The number of ether oxygens (including phenoxy) is 2. The lowest BCUT2D eigenvalue weighted by molar-refractivity contribution is 0.0987. The van der Waals surface area contributed by atoms with Crippen molar-refractivity contribution >= 4 is 21.6 Å². The molecule has 2 aromatic rings. The summed E-state index contributed by atoms with van der Waals surface area (Å²) < 4.78 is 38.6. The highest BCUT2D eigenvalue weighted by atomic mass is 32.2. The highest BCUT2D eigenvalue weighted by Gasteiger charge is 2.25. The van der Waals surface area contributed by atoms with E-state index in [2.05, 4.69) is 4.72 Å². The number of hydrogen-bond acceptors (Lipinski definition) is 6. The molecule has 0 unspecified atom stereocenters. The molecule has 0 spiro atoms. The third kappa shape index (κ3) is 6.20. The molecule has 31 heavy (non-hydrogen) atoms. The second-order valence-electron chi connectivity index (χ2n) is 6.93. The number of sulfonamides is 1. The number of hydrogen-bond donors (Lipinski definition) is 1. The van der Waals surface area contributed by atoms with Crippen molar-refractivity contribution in [3.63, 3.8) is 0 Å². The van der Waals surface area contributed by atoms with Crippen molar-refractivity contribution in [2.24, 2.45) is 0 Å². The summed E-state index contributed by atoms with van der Waals surface area (Å²) >= 11 is 0. The van der Waals surface area contributed by atoms with Crippen LogP contribution < -0.4 is 19.1 Å². The van der Waals surface area contributed by atoms with Crippen LogP contribution in [0.3, 0.4) is 0 Å². The van der Waals surface area contributed by atoms with E-state index in [0.717, 1.165) is 0 Å². The third-order valence-electron chi connectivity index (χ3n) is 4.24. The Balaban J connectivity index is 2.47. The maximum absolute atomic E-state index is 13.3. The van der Waals surface area contributed by atoms with Crippen molar-refractivity contribution in [1.82, 2.24) is 4.72 Å². The van der Waals surface area contributed by atoms with Gasteiger partial charge in [-0.15, -0.1) is 0 Å². The Morgan fingerprint density at radius 3 is 2.42 bits per heavy atom. The molecule has 0 aliphatic rings. The number of carbonyl (C=O) groups excluding carboxylic acids is 1. The van der Waals surface area contributed by atoms with Gasteiger partial charge in [0.1, 0.15) is 16.4 Å². The third-order valence-corrected chi connectivity index (χ3v) is 5.92. The standard InChI is InChI=1S/C22H27N3O5S/c1-5-30-19-10-8-18(9-11-19)25(14-6-13-23)22(26)17-7-12-20(29-4)21(15-17)31(27,28)24-16(2)3/h7-12,15-16,24H,5-6,14H2,1-4H3. The molecule has 166 valence electrons. The predicted octanol–water partition coefficient (Wildman–Crippen LogP) is 3.34. The molecular formula is C22H27N3O5S. The molecule has 9 heteroatoms. The van der Waals surface area contributed by atoms with E-state index in [-0.39, 0.29) is 35.2 Å². The fraction of sp³-hybridized carbons (Fsp3) is 0.364. The molecule has 8 nitrogen and oxygen atoms in total. The summed E-state index contributed by atoms with van der Waals surface area (Å²) in [4.78, 5) is 14.6. The summed E-state index contributed by atoms with van der Waals surface area (Å²) in [7, 11) is -2.53. The zero-order valence-corrected chi connectivity index (χ0v) is 18.9. The first-order chi connectivity index (χ1) is 14.7. The molecule has 0 aliphatic carbocycles. The normalized spacial score (nSPS) is 11.1. The lowest BCUT2D eigenvalue weighted by atomic mass is 10.1.